The molecule has 1 aromatic rings. The number of nitrogens with zero attached hydrogens (tertiary/aromatic N) is 2. The molecule has 1 amide bonds. The second-order valence-electron chi connectivity index (χ2n) is 5.51. The Balaban J connectivity index is 1.64. The second-order valence-corrected chi connectivity index (χ2v) is 6.35. The smallest absolute Gasteiger partial charge is 0.220 e. The zero-order valence-corrected chi connectivity index (χ0v) is 12.5. The SMILES string of the molecule is NC(=O)C1CCN(c2nc(C3C=CC(F)=CC3)cs2)CC1. The standard InChI is InChI=1S/C15H18FN3OS/c16-12-3-1-10(2-4-12)13-9-21-15(18-13)19-7-5-11(6-8-19)14(17)20/h1,3-4,9-11H,2,5-8H2,(H2,17,20). The summed E-state index contributed by atoms with van der Waals surface area (Å²) in [5.41, 5.74) is 6.34. The predicted molar refractivity (Wildman–Crippen MR) is 81.9 cm³/mol. The van der Waals surface area contributed by atoms with Crippen molar-refractivity contribution in [3.8, 4) is 0 Å². The number of halogens is 1. The molecule has 0 aromatic carbocycles. The van der Waals surface area contributed by atoms with E-state index in [0.717, 1.165) is 36.8 Å². The lowest BCUT2D eigenvalue weighted by Crippen LogP contribution is -2.38. The third-order valence-corrected chi connectivity index (χ3v) is 5.03. The van der Waals surface area contributed by atoms with Crippen LogP contribution in [0.4, 0.5) is 9.52 Å². The zero-order valence-electron chi connectivity index (χ0n) is 11.7. The maximum Gasteiger partial charge on any atom is 0.220 e. The van der Waals surface area contributed by atoms with E-state index in [-0.39, 0.29) is 23.6 Å². The second kappa shape index (κ2) is 5.97. The van der Waals surface area contributed by atoms with Crippen LogP contribution in [0.15, 0.2) is 29.4 Å². The molecule has 1 aliphatic carbocycles. The van der Waals surface area contributed by atoms with Gasteiger partial charge in [0.15, 0.2) is 5.13 Å². The maximum atomic E-state index is 13.0. The van der Waals surface area contributed by atoms with Gasteiger partial charge in [0, 0.05) is 30.3 Å². The van der Waals surface area contributed by atoms with E-state index in [2.05, 4.69) is 9.88 Å². The Kier molecular flexibility index (Phi) is 4.05. The lowest BCUT2D eigenvalue weighted by Gasteiger charge is -2.30. The summed E-state index contributed by atoms with van der Waals surface area (Å²) in [6, 6.07) is 0. The number of nitrogens with two attached hydrogens (primary N) is 1. The van der Waals surface area contributed by atoms with Gasteiger partial charge in [-0.25, -0.2) is 9.37 Å². The number of anilines is 1. The summed E-state index contributed by atoms with van der Waals surface area (Å²) in [6.45, 7) is 1.63. The van der Waals surface area contributed by atoms with E-state index >= 15 is 0 Å². The Hall–Kier alpha value is -1.69. The number of hydrogen-bond acceptors (Lipinski definition) is 4. The first-order chi connectivity index (χ1) is 10.1. The van der Waals surface area contributed by atoms with E-state index in [1.807, 2.05) is 11.5 Å². The van der Waals surface area contributed by atoms with Gasteiger partial charge in [-0.2, -0.15) is 0 Å². The van der Waals surface area contributed by atoms with Crippen molar-refractivity contribution in [2.45, 2.75) is 25.2 Å². The Morgan fingerprint density at radius 1 is 1.43 bits per heavy atom. The zero-order chi connectivity index (χ0) is 14.8. The third kappa shape index (κ3) is 3.15. The van der Waals surface area contributed by atoms with Gasteiger partial charge in [0.25, 0.3) is 0 Å². The molecule has 1 fully saturated rings. The molecule has 2 aliphatic rings. The molecule has 0 radical (unpaired) electrons. The molecule has 1 unspecified atom stereocenters. The normalized spacial score (nSPS) is 23.2. The number of aromatic nitrogens is 1. The maximum absolute atomic E-state index is 13.0. The molecule has 1 aliphatic heterocycles. The van der Waals surface area contributed by atoms with Crippen molar-refractivity contribution in [2.24, 2.45) is 11.7 Å². The summed E-state index contributed by atoms with van der Waals surface area (Å²) in [7, 11) is 0. The first-order valence-corrected chi connectivity index (χ1v) is 8.05. The van der Waals surface area contributed by atoms with Crippen molar-refractivity contribution in [1.82, 2.24) is 4.98 Å². The fourth-order valence-electron chi connectivity index (χ4n) is 2.76. The van der Waals surface area contributed by atoms with Crippen LogP contribution in [0, 0.1) is 5.92 Å². The summed E-state index contributed by atoms with van der Waals surface area (Å²) in [6.07, 6.45) is 7.22. The topological polar surface area (TPSA) is 59.2 Å². The summed E-state index contributed by atoms with van der Waals surface area (Å²) in [5.74, 6) is -0.210. The van der Waals surface area contributed by atoms with Crippen molar-refractivity contribution >= 4 is 22.4 Å². The molecule has 4 nitrogen and oxygen atoms in total. The molecular formula is C15H18FN3OS. The molecule has 2 heterocycles. The first-order valence-electron chi connectivity index (χ1n) is 7.17. The summed E-state index contributed by atoms with van der Waals surface area (Å²) >= 11 is 1.61. The third-order valence-electron chi connectivity index (χ3n) is 4.11. The number of carbonyl (C=O) groups excluding carboxylic acids is 1. The highest BCUT2D eigenvalue weighted by atomic mass is 32.1. The van der Waals surface area contributed by atoms with Crippen LogP contribution >= 0.6 is 11.3 Å². The van der Waals surface area contributed by atoms with Crippen LogP contribution in [0.2, 0.25) is 0 Å². The van der Waals surface area contributed by atoms with Crippen molar-refractivity contribution in [2.75, 3.05) is 18.0 Å². The Morgan fingerprint density at radius 2 is 2.19 bits per heavy atom. The largest absolute Gasteiger partial charge is 0.369 e. The molecule has 21 heavy (non-hydrogen) atoms. The molecule has 0 spiro atoms. The van der Waals surface area contributed by atoms with E-state index < -0.39 is 0 Å². The number of primary amides is 1. The minimum atomic E-state index is -0.198. The fraction of sp³-hybridized carbons (Fsp3) is 0.467. The van der Waals surface area contributed by atoms with Crippen LogP contribution < -0.4 is 10.6 Å². The first kappa shape index (κ1) is 14.3. The van der Waals surface area contributed by atoms with Crippen LogP contribution in [0.25, 0.3) is 0 Å². The van der Waals surface area contributed by atoms with Crippen molar-refractivity contribution in [1.29, 1.82) is 0 Å². The highest BCUT2D eigenvalue weighted by molar-refractivity contribution is 7.13. The van der Waals surface area contributed by atoms with Gasteiger partial charge in [-0.3, -0.25) is 4.79 Å². The molecule has 1 saturated heterocycles. The van der Waals surface area contributed by atoms with Gasteiger partial charge in [0.1, 0.15) is 5.83 Å². The van der Waals surface area contributed by atoms with E-state index in [9.17, 15) is 9.18 Å². The number of thiazole rings is 1. The molecule has 0 saturated carbocycles. The monoisotopic (exact) mass is 307 g/mol. The minimum Gasteiger partial charge on any atom is -0.369 e. The predicted octanol–water partition coefficient (Wildman–Crippen LogP) is 2.74. The molecule has 3 rings (SSSR count). The number of rotatable bonds is 3. The van der Waals surface area contributed by atoms with Gasteiger partial charge in [0.2, 0.25) is 5.91 Å². The van der Waals surface area contributed by atoms with E-state index in [1.54, 1.807) is 17.4 Å². The van der Waals surface area contributed by atoms with Crippen LogP contribution in [0.5, 0.6) is 0 Å². The number of carbonyl (C=O) groups is 1. The van der Waals surface area contributed by atoms with Crippen LogP contribution in [0.3, 0.4) is 0 Å². The van der Waals surface area contributed by atoms with Crippen LogP contribution in [0.1, 0.15) is 30.9 Å². The number of hydrogen-bond donors (Lipinski definition) is 1. The van der Waals surface area contributed by atoms with Gasteiger partial charge < -0.3 is 10.6 Å². The van der Waals surface area contributed by atoms with E-state index in [4.69, 9.17) is 5.73 Å². The highest BCUT2D eigenvalue weighted by Crippen LogP contribution is 2.32. The molecule has 2 N–H and O–H groups in total. The average Bonchev–Trinajstić information content (AvgIpc) is 2.98. The van der Waals surface area contributed by atoms with Crippen LogP contribution in [-0.2, 0) is 4.79 Å². The minimum absolute atomic E-state index is 0.00456. The Bertz CT molecular complexity index is 587. The number of allylic oxidation sites excluding steroid dienone is 4. The van der Waals surface area contributed by atoms with Gasteiger partial charge in [-0.1, -0.05) is 6.08 Å². The lowest BCUT2D eigenvalue weighted by atomic mass is 9.96. The Morgan fingerprint density at radius 3 is 2.81 bits per heavy atom. The molecule has 0 bridgehead atoms. The molecular weight excluding hydrogens is 289 g/mol. The summed E-state index contributed by atoms with van der Waals surface area (Å²) < 4.78 is 13.0. The van der Waals surface area contributed by atoms with Gasteiger partial charge in [-0.15, -0.1) is 11.3 Å². The van der Waals surface area contributed by atoms with Crippen LogP contribution in [-0.4, -0.2) is 24.0 Å². The fourth-order valence-corrected chi connectivity index (χ4v) is 3.70. The van der Waals surface area contributed by atoms with Crippen molar-refractivity contribution < 1.29 is 9.18 Å². The summed E-state index contributed by atoms with van der Waals surface area (Å²) in [4.78, 5) is 18.1. The van der Waals surface area contributed by atoms with Crippen molar-refractivity contribution in [3.63, 3.8) is 0 Å². The molecule has 6 heteroatoms. The molecule has 1 aromatic heterocycles. The van der Waals surface area contributed by atoms with E-state index in [0.29, 0.717) is 6.42 Å². The average molecular weight is 307 g/mol. The molecule has 112 valence electrons. The van der Waals surface area contributed by atoms with Crippen molar-refractivity contribution in [3.05, 3.63) is 35.1 Å². The summed E-state index contributed by atoms with van der Waals surface area (Å²) in [5, 5.41) is 3.03. The van der Waals surface area contributed by atoms with Gasteiger partial charge in [-0.05, 0) is 31.4 Å². The van der Waals surface area contributed by atoms with Gasteiger partial charge >= 0.3 is 0 Å². The number of piperidine rings is 1. The van der Waals surface area contributed by atoms with Gasteiger partial charge in [0.05, 0.1) is 5.69 Å². The number of amides is 1. The van der Waals surface area contributed by atoms with E-state index in [1.165, 1.54) is 6.08 Å². The lowest BCUT2D eigenvalue weighted by molar-refractivity contribution is -0.122. The molecule has 1 atom stereocenters. The quantitative estimate of drug-likeness (QED) is 0.934. The Labute approximate surface area is 127 Å². The highest BCUT2D eigenvalue weighted by Gasteiger charge is 2.25.